The van der Waals surface area contributed by atoms with Gasteiger partial charge < -0.3 is 19.7 Å². The molecule has 5 heteroatoms. The van der Waals surface area contributed by atoms with Crippen molar-refractivity contribution in [3.8, 4) is 23.5 Å². The summed E-state index contributed by atoms with van der Waals surface area (Å²) in [5, 5.41) is 15.0. The van der Waals surface area contributed by atoms with E-state index < -0.39 is 0 Å². The van der Waals surface area contributed by atoms with Gasteiger partial charge in [0.2, 0.25) is 0 Å². The monoisotopic (exact) mass is 450 g/mol. The molecule has 0 saturated heterocycles. The molecule has 0 unspecified atom stereocenters. The van der Waals surface area contributed by atoms with Crippen LogP contribution < -0.4 is 5.32 Å². The molecule has 0 bridgehead atoms. The van der Waals surface area contributed by atoms with Crippen LogP contribution in [-0.4, -0.2) is 28.8 Å². The molecule has 2 aliphatic rings. The summed E-state index contributed by atoms with van der Waals surface area (Å²) in [5.74, 6) is 2.62. The fourth-order valence-electron chi connectivity index (χ4n) is 5.70. The van der Waals surface area contributed by atoms with Crippen molar-refractivity contribution < 1.29 is 14.6 Å². The van der Waals surface area contributed by atoms with Crippen LogP contribution in [0.4, 0.5) is 0 Å². The van der Waals surface area contributed by atoms with Gasteiger partial charge in [-0.05, 0) is 46.4 Å². The smallest absolute Gasteiger partial charge is 0.252 e. The van der Waals surface area contributed by atoms with E-state index in [1.54, 1.807) is 0 Å². The molecule has 3 aromatic carbocycles. The van der Waals surface area contributed by atoms with E-state index in [2.05, 4.69) is 52.2 Å². The minimum Gasteiger partial charge on any atom is -0.396 e. The first kappa shape index (κ1) is 21.0. The molecule has 1 aliphatic heterocycles. The second-order valence-corrected chi connectivity index (χ2v) is 9.03. The molecule has 2 N–H and O–H groups in total. The summed E-state index contributed by atoms with van der Waals surface area (Å²) in [6.07, 6.45) is 7.41. The van der Waals surface area contributed by atoms with Gasteiger partial charge in [0, 0.05) is 54.4 Å². The van der Waals surface area contributed by atoms with Crippen LogP contribution in [0.25, 0.3) is 32.9 Å². The quantitative estimate of drug-likeness (QED) is 0.283. The molecule has 4 aromatic rings. The molecular formula is C29H26N2O3. The molecule has 0 spiro atoms. The van der Waals surface area contributed by atoms with E-state index in [4.69, 9.17) is 11.2 Å². The first-order chi connectivity index (χ1) is 16.7. The molecule has 0 saturated carbocycles. The molecule has 0 atom stereocenters. The molecule has 2 heterocycles. The number of aromatic nitrogens is 1. The number of fused-ring (bicyclic) bond motifs is 10. The van der Waals surface area contributed by atoms with E-state index in [1.807, 2.05) is 6.07 Å². The number of ether oxygens (including phenoxy) is 1. The number of aliphatic hydroxyl groups excluding tert-OH is 1. The fourth-order valence-corrected chi connectivity index (χ4v) is 5.70. The highest BCUT2D eigenvalue weighted by atomic mass is 16.5. The Kier molecular flexibility index (Phi) is 5.13. The molecular weight excluding hydrogens is 424 g/mol. The van der Waals surface area contributed by atoms with Crippen LogP contribution in [0.2, 0.25) is 0 Å². The minimum atomic E-state index is 0.00915. The molecule has 1 aliphatic carbocycles. The van der Waals surface area contributed by atoms with Crippen molar-refractivity contribution in [1.82, 2.24) is 9.88 Å². The average Bonchev–Trinajstić information content (AvgIpc) is 3.51. The Morgan fingerprint density at radius 3 is 2.88 bits per heavy atom. The zero-order valence-electron chi connectivity index (χ0n) is 19.0. The van der Waals surface area contributed by atoms with E-state index in [-0.39, 0.29) is 12.5 Å². The van der Waals surface area contributed by atoms with Crippen LogP contribution in [0.3, 0.4) is 0 Å². The number of carbonyl (C=O) groups excluding carboxylic acids is 1. The van der Waals surface area contributed by atoms with Gasteiger partial charge in [-0.3, -0.25) is 4.79 Å². The van der Waals surface area contributed by atoms with Crippen molar-refractivity contribution in [1.29, 1.82) is 0 Å². The Balaban J connectivity index is 1.64. The summed E-state index contributed by atoms with van der Waals surface area (Å²) in [5.41, 5.74) is 10.0. The third-order valence-corrected chi connectivity index (χ3v) is 7.08. The van der Waals surface area contributed by atoms with Crippen LogP contribution in [0.15, 0.2) is 42.5 Å². The standard InChI is InChI=1S/C29H26N2O3/c1-2-3-13-34-17-18-9-10-24-21(14-18)26-23-16-30-29(33)27(23)25-20-8-5-4-7-19(20)15-22(25)28(26)31(24)11-6-12-32/h1,4-5,7-10,14,32H,3,6,11-13,15-17H2,(H,30,33). The highest BCUT2D eigenvalue weighted by Gasteiger charge is 2.35. The second-order valence-electron chi connectivity index (χ2n) is 9.03. The van der Waals surface area contributed by atoms with Gasteiger partial charge in [-0.1, -0.05) is 30.3 Å². The Morgan fingerprint density at radius 2 is 2.03 bits per heavy atom. The second kappa shape index (κ2) is 8.32. The zero-order chi connectivity index (χ0) is 23.2. The van der Waals surface area contributed by atoms with Crippen molar-refractivity contribution in [2.75, 3.05) is 13.2 Å². The van der Waals surface area contributed by atoms with E-state index in [1.165, 1.54) is 16.6 Å². The van der Waals surface area contributed by atoms with E-state index >= 15 is 0 Å². The average molecular weight is 451 g/mol. The number of nitrogens with one attached hydrogen (secondary N) is 1. The third-order valence-electron chi connectivity index (χ3n) is 7.08. The van der Waals surface area contributed by atoms with Gasteiger partial charge in [0.15, 0.2) is 0 Å². The number of hydrogen-bond donors (Lipinski definition) is 2. The topological polar surface area (TPSA) is 63.5 Å². The minimum absolute atomic E-state index is 0.00915. The number of rotatable bonds is 7. The lowest BCUT2D eigenvalue weighted by atomic mass is 9.92. The number of benzene rings is 3. The van der Waals surface area contributed by atoms with Gasteiger partial charge in [0.1, 0.15) is 0 Å². The van der Waals surface area contributed by atoms with Gasteiger partial charge >= 0.3 is 0 Å². The molecule has 5 nitrogen and oxygen atoms in total. The molecule has 1 amide bonds. The number of hydrogen-bond acceptors (Lipinski definition) is 3. The van der Waals surface area contributed by atoms with Gasteiger partial charge in [0.25, 0.3) is 5.91 Å². The van der Waals surface area contributed by atoms with Crippen LogP contribution in [0, 0.1) is 12.3 Å². The molecule has 1 aromatic heterocycles. The van der Waals surface area contributed by atoms with Gasteiger partial charge in [-0.2, -0.15) is 0 Å². The lowest BCUT2D eigenvalue weighted by Crippen LogP contribution is -2.13. The van der Waals surface area contributed by atoms with E-state index in [9.17, 15) is 9.90 Å². The number of aryl methyl sites for hydroxylation is 1. The predicted molar refractivity (Wildman–Crippen MR) is 134 cm³/mol. The van der Waals surface area contributed by atoms with Crippen molar-refractivity contribution in [2.24, 2.45) is 0 Å². The predicted octanol–water partition coefficient (Wildman–Crippen LogP) is 4.53. The number of amides is 1. The highest BCUT2D eigenvalue weighted by molar-refractivity contribution is 6.20. The van der Waals surface area contributed by atoms with E-state index in [0.717, 1.165) is 57.1 Å². The Labute approximate surface area is 198 Å². The van der Waals surface area contributed by atoms with Crippen molar-refractivity contribution in [3.63, 3.8) is 0 Å². The summed E-state index contributed by atoms with van der Waals surface area (Å²) in [4.78, 5) is 13.1. The Hall–Kier alpha value is -3.59. The summed E-state index contributed by atoms with van der Waals surface area (Å²) in [6, 6.07) is 14.8. The maximum atomic E-state index is 13.1. The number of nitrogens with zero attached hydrogens (tertiary/aromatic N) is 1. The molecule has 0 fully saturated rings. The van der Waals surface area contributed by atoms with Gasteiger partial charge in [-0.25, -0.2) is 0 Å². The summed E-state index contributed by atoms with van der Waals surface area (Å²) < 4.78 is 8.11. The molecule has 0 radical (unpaired) electrons. The third kappa shape index (κ3) is 3.07. The van der Waals surface area contributed by atoms with Crippen LogP contribution in [0.1, 0.15) is 45.5 Å². The van der Waals surface area contributed by atoms with Crippen molar-refractivity contribution in [3.05, 3.63) is 70.3 Å². The SMILES string of the molecule is C#CCCOCc1ccc2c(c1)c1c3c(c4c(c1n2CCCO)Cc1ccccc1-4)C(=O)NC3. The maximum Gasteiger partial charge on any atom is 0.252 e. The molecule has 34 heavy (non-hydrogen) atoms. The number of aliphatic hydroxyl groups is 1. The van der Waals surface area contributed by atoms with E-state index in [0.29, 0.717) is 32.6 Å². The highest BCUT2D eigenvalue weighted by Crippen LogP contribution is 2.48. The van der Waals surface area contributed by atoms with Crippen molar-refractivity contribution in [2.45, 2.75) is 39.0 Å². The molecule has 170 valence electrons. The van der Waals surface area contributed by atoms with Gasteiger partial charge in [-0.15, -0.1) is 12.3 Å². The van der Waals surface area contributed by atoms with Crippen LogP contribution in [0.5, 0.6) is 0 Å². The summed E-state index contributed by atoms with van der Waals surface area (Å²) in [6.45, 7) is 2.42. The van der Waals surface area contributed by atoms with Crippen LogP contribution >= 0.6 is 0 Å². The first-order valence-corrected chi connectivity index (χ1v) is 11.8. The van der Waals surface area contributed by atoms with Crippen molar-refractivity contribution >= 4 is 27.7 Å². The first-order valence-electron chi connectivity index (χ1n) is 11.8. The Bertz CT molecular complexity index is 1510. The zero-order valence-corrected chi connectivity index (χ0v) is 19.0. The summed E-state index contributed by atoms with van der Waals surface area (Å²) in [7, 11) is 0. The fraction of sp³-hybridized carbons (Fsp3) is 0.276. The maximum absolute atomic E-state index is 13.1. The Morgan fingerprint density at radius 1 is 1.15 bits per heavy atom. The number of terminal acetylenes is 1. The van der Waals surface area contributed by atoms with Crippen LogP contribution in [-0.2, 0) is 30.9 Å². The largest absolute Gasteiger partial charge is 0.396 e. The lowest BCUT2D eigenvalue weighted by Gasteiger charge is -2.13. The lowest BCUT2D eigenvalue weighted by molar-refractivity contribution is 0.0966. The number of carbonyl (C=O) groups is 1. The summed E-state index contributed by atoms with van der Waals surface area (Å²) >= 11 is 0. The normalized spacial score (nSPS) is 13.7. The van der Waals surface area contributed by atoms with Gasteiger partial charge in [0.05, 0.1) is 24.3 Å². The molecule has 6 rings (SSSR count).